The molecule has 0 amide bonds. The largest absolute Gasteiger partial charge is 0.168 e. The second kappa shape index (κ2) is 4.68. The molecule has 0 nitrogen and oxygen atoms in total. The summed E-state index contributed by atoms with van der Waals surface area (Å²) in [5.41, 5.74) is 0. The summed E-state index contributed by atoms with van der Waals surface area (Å²) in [6.07, 6.45) is 0. The van der Waals surface area contributed by atoms with Gasteiger partial charge in [-0.25, -0.2) is 0 Å². The first-order valence-electron chi connectivity index (χ1n) is 6.19. The molecule has 0 aliphatic carbocycles. The van der Waals surface area contributed by atoms with Crippen LogP contribution in [0.1, 0.15) is 0 Å². The predicted molar refractivity (Wildman–Crippen MR) is 90.2 cm³/mol. The van der Waals surface area contributed by atoms with E-state index in [2.05, 4.69) is 65.5 Å². The van der Waals surface area contributed by atoms with E-state index in [0.717, 1.165) is 0 Å². The van der Waals surface area contributed by atoms with Crippen LogP contribution >= 0.6 is 11.1 Å². The van der Waals surface area contributed by atoms with Gasteiger partial charge < -0.3 is 0 Å². The van der Waals surface area contributed by atoms with Crippen molar-refractivity contribution < 1.29 is 0 Å². The van der Waals surface area contributed by atoms with Crippen molar-refractivity contribution in [1.82, 2.24) is 0 Å². The number of hydrogen-bond donors (Lipinski definition) is 0. The van der Waals surface area contributed by atoms with E-state index in [1.54, 1.807) is 0 Å². The summed E-state index contributed by atoms with van der Waals surface area (Å²) >= 11 is 7.05. The smallest absolute Gasteiger partial charge is 0.148 e. The van der Waals surface area contributed by atoms with Gasteiger partial charge in [-0.3, -0.25) is 0 Å². The molecule has 0 unspecified atom stereocenters. The molecule has 0 spiro atoms. The summed E-state index contributed by atoms with van der Waals surface area (Å²) < 4.78 is 0.596. The van der Waals surface area contributed by atoms with Crippen molar-refractivity contribution in [3.63, 3.8) is 0 Å². The highest BCUT2D eigenvalue weighted by atomic mass is 35.6. The van der Waals surface area contributed by atoms with Crippen molar-refractivity contribution in [2.45, 2.75) is 69.4 Å². The lowest BCUT2D eigenvalue weighted by molar-refractivity contribution is 1.23. The lowest BCUT2D eigenvalue weighted by Gasteiger charge is -2.60. The van der Waals surface area contributed by atoms with Crippen molar-refractivity contribution >= 4 is 43.4 Å². The Morgan fingerprint density at radius 2 is 1.00 bits per heavy atom. The van der Waals surface area contributed by atoms with Gasteiger partial charge in [0.25, 0.3) is 0 Å². The van der Waals surface area contributed by atoms with E-state index in [1.165, 1.54) is 0 Å². The summed E-state index contributed by atoms with van der Waals surface area (Å²) in [5.74, 6) is 0. The van der Waals surface area contributed by atoms with Crippen molar-refractivity contribution in [2.75, 3.05) is 0 Å². The van der Waals surface area contributed by atoms with E-state index < -0.39 is 23.5 Å². The molecule has 0 fully saturated rings. The van der Waals surface area contributed by atoms with Crippen molar-refractivity contribution in [2.24, 2.45) is 0 Å². The quantitative estimate of drug-likeness (QED) is 0.493. The van der Waals surface area contributed by atoms with E-state index >= 15 is 0 Å². The van der Waals surface area contributed by atoms with Gasteiger partial charge in [0.1, 0.15) is 7.38 Å². The lowest BCUT2D eigenvalue weighted by Crippen LogP contribution is -2.70. The van der Waals surface area contributed by atoms with Gasteiger partial charge in [-0.2, -0.15) is 11.1 Å². The molecule has 97 valence electrons. The van der Waals surface area contributed by atoms with Gasteiger partial charge in [0.05, 0.1) is 0 Å². The van der Waals surface area contributed by atoms with Gasteiger partial charge >= 0.3 is 0 Å². The zero-order valence-corrected chi connectivity index (χ0v) is 17.6. The van der Waals surface area contributed by atoms with E-state index in [1.807, 2.05) is 0 Å². The van der Waals surface area contributed by atoms with Crippen LogP contribution in [0.4, 0.5) is 0 Å². The molecule has 0 atom stereocenters. The Kier molecular flexibility index (Phi) is 5.02. The van der Waals surface area contributed by atoms with Gasteiger partial charge in [0.15, 0.2) is 0 Å². The maximum absolute atomic E-state index is 7.05. The highest BCUT2D eigenvalue weighted by Crippen LogP contribution is 2.56. The monoisotopic (exact) mass is 309 g/mol. The van der Waals surface area contributed by atoms with Crippen LogP contribution in [0.5, 0.6) is 0 Å². The zero-order chi connectivity index (χ0) is 13.6. The molecule has 0 saturated heterocycles. The Morgan fingerprint density at radius 1 is 0.750 bits per heavy atom. The fraction of sp³-hybridized carbons (Fsp3) is 1.00. The second-order valence-electron chi connectivity index (χ2n) is 7.72. The summed E-state index contributed by atoms with van der Waals surface area (Å²) in [6.45, 7) is 25.2. The molecule has 16 heavy (non-hydrogen) atoms. The highest BCUT2D eigenvalue weighted by molar-refractivity contribution is 7.39. The molecule has 0 aromatic rings. The molecule has 0 bridgehead atoms. The van der Waals surface area contributed by atoms with Gasteiger partial charge in [0, 0.05) is 24.9 Å². The van der Waals surface area contributed by atoms with Crippen LogP contribution in [0.2, 0.25) is 69.4 Å². The van der Waals surface area contributed by atoms with E-state index in [-0.39, 0.29) is 8.80 Å². The molecular formula is C11H30ClSi4. The molecule has 0 aliphatic rings. The molecule has 0 saturated carbocycles. The number of hydrogen-bond acceptors (Lipinski definition) is 0. The van der Waals surface area contributed by atoms with Crippen LogP contribution in [0.3, 0.4) is 0 Å². The zero-order valence-electron chi connectivity index (χ0n) is 12.9. The molecule has 0 rings (SSSR count). The normalized spacial score (nSPS) is 15.8. The first-order valence-corrected chi connectivity index (χ1v) is 19.7. The number of rotatable bonds is 4. The SMILES string of the molecule is C[Si](C)C([Si](C)(C)C)([Si](C)(C)C)[Si](C)(C)Cl. The van der Waals surface area contributed by atoms with Crippen LogP contribution in [0, 0.1) is 0 Å². The van der Waals surface area contributed by atoms with Crippen LogP contribution in [-0.4, -0.2) is 32.3 Å². The average Bonchev–Trinajstić information content (AvgIpc) is 1.71. The third-order valence-corrected chi connectivity index (χ3v) is 37.6. The Bertz CT molecular complexity index is 206. The highest BCUT2D eigenvalue weighted by Gasteiger charge is 2.63. The first-order chi connectivity index (χ1) is 6.69. The third kappa shape index (κ3) is 2.60. The predicted octanol–water partition coefficient (Wildman–Crippen LogP) is 5.22. The minimum atomic E-state index is -1.63. The minimum Gasteiger partial charge on any atom is -0.168 e. The van der Waals surface area contributed by atoms with Crippen LogP contribution in [0.15, 0.2) is 0 Å². The standard InChI is InChI=1S/C11H30ClSi4/c1-13(2)11(14(3,4)5,15(6,7)8)16(9,10)12/h1-10H3. The summed E-state index contributed by atoms with van der Waals surface area (Å²) in [4.78, 5) is 0. The van der Waals surface area contributed by atoms with Gasteiger partial charge in [-0.1, -0.05) is 65.5 Å². The fourth-order valence-corrected chi connectivity index (χ4v) is 51.8. The summed E-state index contributed by atoms with van der Waals surface area (Å²) in [7, 11) is -4.45. The van der Waals surface area contributed by atoms with Gasteiger partial charge in [0.2, 0.25) is 0 Å². The summed E-state index contributed by atoms with van der Waals surface area (Å²) in [6, 6.07) is 0. The molecule has 0 aliphatic heterocycles. The van der Waals surface area contributed by atoms with Crippen molar-refractivity contribution in [3.05, 3.63) is 0 Å². The molecular weight excluding hydrogens is 280 g/mol. The lowest BCUT2D eigenvalue weighted by atomic mass is 11.6. The maximum Gasteiger partial charge on any atom is 0.148 e. The Morgan fingerprint density at radius 3 is 1.00 bits per heavy atom. The topological polar surface area (TPSA) is 0 Å². The molecule has 0 N–H and O–H groups in total. The molecule has 0 aromatic carbocycles. The average molecular weight is 310 g/mol. The van der Waals surface area contributed by atoms with Gasteiger partial charge in [-0.15, -0.1) is 0 Å². The molecule has 0 heterocycles. The van der Waals surface area contributed by atoms with Crippen LogP contribution < -0.4 is 0 Å². The first kappa shape index (κ1) is 17.2. The Hall–Kier alpha value is 1.16. The molecule has 0 aromatic heterocycles. The Balaban J connectivity index is 6.05. The maximum atomic E-state index is 7.05. The van der Waals surface area contributed by atoms with Crippen molar-refractivity contribution in [3.8, 4) is 0 Å². The van der Waals surface area contributed by atoms with Crippen LogP contribution in [-0.2, 0) is 0 Å². The van der Waals surface area contributed by atoms with E-state index in [0.29, 0.717) is 3.91 Å². The van der Waals surface area contributed by atoms with Gasteiger partial charge in [-0.05, 0) is 3.91 Å². The molecule has 5 heteroatoms. The van der Waals surface area contributed by atoms with E-state index in [9.17, 15) is 0 Å². The summed E-state index contributed by atoms with van der Waals surface area (Å²) in [5, 5.41) is 0. The number of halogens is 1. The minimum absolute atomic E-state index is 0.351. The van der Waals surface area contributed by atoms with Crippen molar-refractivity contribution in [1.29, 1.82) is 0 Å². The Labute approximate surface area is 113 Å². The third-order valence-electron chi connectivity index (χ3n) is 3.89. The second-order valence-corrected chi connectivity index (χ2v) is 30.5. The fourth-order valence-electron chi connectivity index (χ4n) is 5.00. The van der Waals surface area contributed by atoms with E-state index in [4.69, 9.17) is 11.1 Å². The van der Waals surface area contributed by atoms with Crippen LogP contribution in [0.25, 0.3) is 0 Å². The molecule has 1 radical (unpaired) electrons.